The molecule has 1 rings (SSSR count). The summed E-state index contributed by atoms with van der Waals surface area (Å²) in [5, 5.41) is 12.0. The number of carbonyl (C=O) groups is 2. The third-order valence-corrected chi connectivity index (χ3v) is 3.94. The van der Waals surface area contributed by atoms with E-state index in [9.17, 15) is 27.9 Å². The lowest BCUT2D eigenvalue weighted by Crippen LogP contribution is -2.52. The first-order chi connectivity index (χ1) is 10.1. The quantitative estimate of drug-likeness (QED) is 0.820. The lowest BCUT2D eigenvalue weighted by atomic mass is 9.87. The van der Waals surface area contributed by atoms with Crippen molar-refractivity contribution in [2.24, 2.45) is 0 Å². The first-order valence-electron chi connectivity index (χ1n) is 6.12. The second kappa shape index (κ2) is 7.23. The average molecular weight is 356 g/mol. The lowest BCUT2D eigenvalue weighted by molar-refractivity contribution is -0.148. The highest BCUT2D eigenvalue weighted by Crippen LogP contribution is 2.31. The van der Waals surface area contributed by atoms with Gasteiger partial charge in [-0.1, -0.05) is 30.7 Å². The summed E-state index contributed by atoms with van der Waals surface area (Å²) in [6.07, 6.45) is -0.0353. The number of thioether (sulfide) groups is 1. The molecule has 0 aliphatic rings. The van der Waals surface area contributed by atoms with Crippen LogP contribution in [-0.2, 0) is 15.1 Å². The van der Waals surface area contributed by atoms with Crippen LogP contribution in [0.5, 0.6) is 0 Å². The van der Waals surface area contributed by atoms with Crippen molar-refractivity contribution >= 4 is 35.2 Å². The van der Waals surface area contributed by atoms with Gasteiger partial charge in [-0.15, -0.1) is 0 Å². The molecule has 0 aromatic heterocycles. The van der Waals surface area contributed by atoms with Gasteiger partial charge in [0.2, 0.25) is 5.91 Å². The fourth-order valence-electron chi connectivity index (χ4n) is 1.85. The summed E-state index contributed by atoms with van der Waals surface area (Å²) in [5.74, 6) is -3.28. The number of carboxylic acids is 1. The molecular formula is C13H13ClF3NO3S. The molecule has 122 valence electrons. The molecule has 22 heavy (non-hydrogen) atoms. The molecular weight excluding hydrogens is 343 g/mol. The molecule has 0 radical (unpaired) electrons. The SMILES string of the molecule is CCC(NC(=O)CSC(F)(F)F)(C(=O)O)c1ccc(Cl)cc1. The number of amides is 1. The summed E-state index contributed by atoms with van der Waals surface area (Å²) in [5.41, 5.74) is -6.12. The number of rotatable bonds is 6. The van der Waals surface area contributed by atoms with Crippen molar-refractivity contribution in [2.45, 2.75) is 24.4 Å². The Bertz CT molecular complexity index is 550. The minimum Gasteiger partial charge on any atom is -0.479 e. The highest BCUT2D eigenvalue weighted by Gasteiger charge is 2.41. The molecule has 0 aliphatic heterocycles. The Labute approximate surface area is 134 Å². The third-order valence-electron chi connectivity index (χ3n) is 2.95. The van der Waals surface area contributed by atoms with Gasteiger partial charge in [-0.3, -0.25) is 4.79 Å². The molecule has 1 amide bonds. The number of carboxylic acid groups (broad SMARTS) is 1. The van der Waals surface area contributed by atoms with E-state index < -0.39 is 40.4 Å². The zero-order valence-electron chi connectivity index (χ0n) is 11.4. The predicted octanol–water partition coefficient (Wildman–Crippen LogP) is 3.40. The fraction of sp³-hybridized carbons (Fsp3) is 0.385. The second-order valence-electron chi connectivity index (χ2n) is 4.35. The van der Waals surface area contributed by atoms with Gasteiger partial charge in [-0.2, -0.15) is 13.2 Å². The van der Waals surface area contributed by atoms with Gasteiger partial charge in [-0.25, -0.2) is 4.79 Å². The maximum atomic E-state index is 12.1. The van der Waals surface area contributed by atoms with Gasteiger partial charge in [0.1, 0.15) is 0 Å². The van der Waals surface area contributed by atoms with E-state index in [-0.39, 0.29) is 12.0 Å². The second-order valence-corrected chi connectivity index (χ2v) is 5.83. The molecule has 0 spiro atoms. The van der Waals surface area contributed by atoms with Gasteiger partial charge in [0.15, 0.2) is 5.54 Å². The lowest BCUT2D eigenvalue weighted by Gasteiger charge is -2.30. The molecule has 4 nitrogen and oxygen atoms in total. The number of hydrogen-bond donors (Lipinski definition) is 2. The number of halogens is 4. The standard InChI is InChI=1S/C13H13ClF3NO3S/c1-2-12(11(20)21,8-3-5-9(14)6-4-8)18-10(19)7-22-13(15,16)17/h3-6H,2,7H2,1H3,(H,18,19)(H,20,21). The van der Waals surface area contributed by atoms with Gasteiger partial charge in [0, 0.05) is 5.02 Å². The molecule has 1 atom stereocenters. The van der Waals surface area contributed by atoms with Crippen molar-refractivity contribution in [1.29, 1.82) is 0 Å². The van der Waals surface area contributed by atoms with Crippen LogP contribution in [0, 0.1) is 0 Å². The summed E-state index contributed by atoms with van der Waals surface area (Å²) >= 11 is 5.20. The Morgan fingerprint density at radius 2 is 1.82 bits per heavy atom. The summed E-state index contributed by atoms with van der Waals surface area (Å²) < 4.78 is 36.3. The van der Waals surface area contributed by atoms with E-state index >= 15 is 0 Å². The van der Waals surface area contributed by atoms with Crippen LogP contribution in [-0.4, -0.2) is 28.2 Å². The molecule has 0 fully saturated rings. The molecule has 9 heteroatoms. The van der Waals surface area contributed by atoms with Crippen molar-refractivity contribution in [3.63, 3.8) is 0 Å². The monoisotopic (exact) mass is 355 g/mol. The summed E-state index contributed by atoms with van der Waals surface area (Å²) in [4.78, 5) is 23.3. The molecule has 0 heterocycles. The molecule has 1 unspecified atom stereocenters. The first-order valence-corrected chi connectivity index (χ1v) is 7.48. The van der Waals surface area contributed by atoms with Crippen molar-refractivity contribution in [3.05, 3.63) is 34.9 Å². The van der Waals surface area contributed by atoms with E-state index in [1.807, 2.05) is 0 Å². The van der Waals surface area contributed by atoms with Gasteiger partial charge in [0.05, 0.1) is 5.75 Å². The molecule has 1 aromatic rings. The Morgan fingerprint density at radius 3 is 2.23 bits per heavy atom. The maximum Gasteiger partial charge on any atom is 0.442 e. The van der Waals surface area contributed by atoms with Crippen LogP contribution in [0.3, 0.4) is 0 Å². The molecule has 0 saturated heterocycles. The van der Waals surface area contributed by atoms with Crippen LogP contribution in [0.1, 0.15) is 18.9 Å². The average Bonchev–Trinajstić information content (AvgIpc) is 2.42. The molecule has 0 bridgehead atoms. The zero-order valence-corrected chi connectivity index (χ0v) is 13.0. The predicted molar refractivity (Wildman–Crippen MR) is 77.7 cm³/mol. The molecule has 2 N–H and O–H groups in total. The fourth-order valence-corrected chi connectivity index (χ4v) is 2.34. The van der Waals surface area contributed by atoms with Crippen molar-refractivity contribution in [1.82, 2.24) is 5.32 Å². The number of hydrogen-bond acceptors (Lipinski definition) is 3. The summed E-state index contributed by atoms with van der Waals surface area (Å²) in [6, 6.07) is 5.72. The summed E-state index contributed by atoms with van der Waals surface area (Å²) in [6.45, 7) is 1.51. The van der Waals surface area contributed by atoms with E-state index in [4.69, 9.17) is 11.6 Å². The van der Waals surface area contributed by atoms with Crippen LogP contribution < -0.4 is 5.32 Å². The molecule has 0 aliphatic carbocycles. The topological polar surface area (TPSA) is 66.4 Å². The van der Waals surface area contributed by atoms with Gasteiger partial charge >= 0.3 is 11.5 Å². The number of nitrogens with one attached hydrogen (secondary N) is 1. The van der Waals surface area contributed by atoms with E-state index in [1.54, 1.807) is 0 Å². The molecule has 1 aromatic carbocycles. The highest BCUT2D eigenvalue weighted by molar-refractivity contribution is 8.00. The van der Waals surface area contributed by atoms with Crippen molar-refractivity contribution in [2.75, 3.05) is 5.75 Å². The van der Waals surface area contributed by atoms with Crippen molar-refractivity contribution in [3.8, 4) is 0 Å². The zero-order chi connectivity index (χ0) is 17.0. The summed E-state index contributed by atoms with van der Waals surface area (Å²) in [7, 11) is 0. The van der Waals surface area contributed by atoms with E-state index in [2.05, 4.69) is 5.32 Å². The van der Waals surface area contributed by atoms with Gasteiger partial charge < -0.3 is 10.4 Å². The van der Waals surface area contributed by atoms with Crippen LogP contribution in [0.4, 0.5) is 13.2 Å². The van der Waals surface area contributed by atoms with Crippen LogP contribution in [0.2, 0.25) is 5.02 Å². The van der Waals surface area contributed by atoms with E-state index in [0.717, 1.165) is 0 Å². The Hall–Kier alpha value is -1.41. The third kappa shape index (κ3) is 4.81. The number of benzene rings is 1. The van der Waals surface area contributed by atoms with Crippen LogP contribution in [0.15, 0.2) is 24.3 Å². The smallest absolute Gasteiger partial charge is 0.442 e. The minimum atomic E-state index is -4.56. The van der Waals surface area contributed by atoms with Crippen molar-refractivity contribution < 1.29 is 27.9 Å². The normalized spacial score (nSPS) is 14.2. The Morgan fingerprint density at radius 1 is 1.27 bits per heavy atom. The van der Waals surface area contributed by atoms with Gasteiger partial charge in [-0.05, 0) is 35.9 Å². The van der Waals surface area contributed by atoms with Crippen LogP contribution >= 0.6 is 23.4 Å². The maximum absolute atomic E-state index is 12.1. The number of alkyl halides is 3. The Balaban J connectivity index is 3.00. The number of carbonyl (C=O) groups excluding carboxylic acids is 1. The van der Waals surface area contributed by atoms with E-state index in [1.165, 1.54) is 31.2 Å². The van der Waals surface area contributed by atoms with Gasteiger partial charge in [0.25, 0.3) is 0 Å². The first kappa shape index (κ1) is 18.6. The molecule has 0 saturated carbocycles. The number of aliphatic carboxylic acids is 1. The minimum absolute atomic E-state index is 0.0353. The van der Waals surface area contributed by atoms with E-state index in [0.29, 0.717) is 5.02 Å². The van der Waals surface area contributed by atoms with Crippen LogP contribution in [0.25, 0.3) is 0 Å². The Kier molecular flexibility index (Phi) is 6.13. The largest absolute Gasteiger partial charge is 0.479 e. The highest BCUT2D eigenvalue weighted by atomic mass is 35.5.